The van der Waals surface area contributed by atoms with E-state index in [-0.39, 0.29) is 0 Å². The van der Waals surface area contributed by atoms with Gasteiger partial charge in [-0.2, -0.15) is 0 Å². The molecule has 0 atom stereocenters. The van der Waals surface area contributed by atoms with E-state index in [0.717, 1.165) is 0 Å². The number of carbonyl (C=O) groups is 3. The van der Waals surface area contributed by atoms with Gasteiger partial charge in [0.2, 0.25) is 0 Å². The van der Waals surface area contributed by atoms with E-state index in [1.807, 2.05) is 0 Å². The molecule has 2 amide bonds. The number of rotatable bonds is 0. The van der Waals surface area contributed by atoms with E-state index in [1.165, 1.54) is 0 Å². The normalized spacial score (nSPS) is 11.1. The molecule has 0 aliphatic heterocycles. The zero-order valence-corrected chi connectivity index (χ0v) is 8.38. The van der Waals surface area contributed by atoms with Gasteiger partial charge in [-0.3, -0.25) is 0 Å². The fraction of sp³-hybridized carbons (Fsp3) is 0.571. The summed E-state index contributed by atoms with van der Waals surface area (Å²) in [6.45, 7) is 4.70. The van der Waals surface area contributed by atoms with Crippen molar-refractivity contribution in [2.75, 3.05) is 0 Å². The molecule has 15 heavy (non-hydrogen) atoms. The number of amides is 2. The molecular formula is C7H10N2O6. The summed E-state index contributed by atoms with van der Waals surface area (Å²) in [5, 5.41) is 13.0. The van der Waals surface area contributed by atoms with E-state index in [9.17, 15) is 14.4 Å². The third-order valence-electron chi connectivity index (χ3n) is 0.777. The van der Waals surface area contributed by atoms with E-state index in [4.69, 9.17) is 5.11 Å². The minimum Gasteiger partial charge on any atom is -0.462 e. The maximum atomic E-state index is 10.8. The second-order valence-corrected chi connectivity index (χ2v) is 3.31. The third-order valence-corrected chi connectivity index (χ3v) is 0.777. The van der Waals surface area contributed by atoms with Gasteiger partial charge in [0.05, 0.1) is 0 Å². The van der Waals surface area contributed by atoms with E-state index in [0.29, 0.717) is 0 Å². The largest absolute Gasteiger partial charge is 0.518 e. The fourth-order valence-electron chi connectivity index (χ4n) is 0.446. The Morgan fingerprint density at radius 1 is 1.13 bits per heavy atom. The van der Waals surface area contributed by atoms with Crippen LogP contribution in [0, 0.1) is 0 Å². The number of hydrogen-bond donors (Lipinski definition) is 1. The van der Waals surface area contributed by atoms with Gasteiger partial charge in [-0.25, -0.2) is 14.4 Å². The summed E-state index contributed by atoms with van der Waals surface area (Å²) < 4.78 is 8.54. The van der Waals surface area contributed by atoms with Crippen molar-refractivity contribution in [3.63, 3.8) is 0 Å². The highest BCUT2D eigenvalue weighted by Gasteiger charge is 2.20. The minimum absolute atomic E-state index is 0.818. The van der Waals surface area contributed by atoms with Crippen molar-refractivity contribution in [1.82, 2.24) is 0 Å². The topological polar surface area (TPSA) is 115 Å². The van der Waals surface area contributed by atoms with Crippen LogP contribution in [0.25, 0.3) is 0 Å². The van der Waals surface area contributed by atoms with Crippen LogP contribution in [0.3, 0.4) is 0 Å². The van der Waals surface area contributed by atoms with Gasteiger partial charge in [-0.15, -0.1) is 0 Å². The maximum absolute atomic E-state index is 10.8. The lowest BCUT2D eigenvalue weighted by Crippen LogP contribution is -2.25. The minimum atomic E-state index is -1.67. The van der Waals surface area contributed by atoms with Gasteiger partial charge in [-0.1, -0.05) is 10.2 Å². The lowest BCUT2D eigenvalue weighted by Gasteiger charge is -2.17. The van der Waals surface area contributed by atoms with E-state index >= 15 is 0 Å². The second kappa shape index (κ2) is 5.03. The van der Waals surface area contributed by atoms with Crippen LogP contribution < -0.4 is 0 Å². The Morgan fingerprint density at radius 2 is 1.67 bits per heavy atom. The number of azo groups is 1. The Hall–Kier alpha value is -1.99. The molecule has 0 heterocycles. The van der Waals surface area contributed by atoms with Gasteiger partial charge in [-0.05, 0) is 20.8 Å². The molecule has 0 aliphatic rings. The first-order valence-electron chi connectivity index (χ1n) is 3.80. The molecule has 8 nitrogen and oxygen atoms in total. The van der Waals surface area contributed by atoms with Crippen molar-refractivity contribution >= 4 is 18.3 Å². The van der Waals surface area contributed by atoms with E-state index in [2.05, 4.69) is 19.7 Å². The molecule has 0 saturated carbocycles. The van der Waals surface area contributed by atoms with Gasteiger partial charge >= 0.3 is 18.3 Å². The summed E-state index contributed by atoms with van der Waals surface area (Å²) >= 11 is 0. The molecule has 0 aromatic rings. The SMILES string of the molecule is CC(C)(C)OC(=O)OC(=O)N=NC(=O)O. The van der Waals surface area contributed by atoms with Crippen molar-refractivity contribution in [1.29, 1.82) is 0 Å². The summed E-state index contributed by atoms with van der Waals surface area (Å²) in [5.41, 5.74) is -0.818. The monoisotopic (exact) mass is 218 g/mol. The van der Waals surface area contributed by atoms with Crippen molar-refractivity contribution in [2.45, 2.75) is 26.4 Å². The lowest BCUT2D eigenvalue weighted by molar-refractivity contribution is 0.0102. The highest BCUT2D eigenvalue weighted by Crippen LogP contribution is 2.08. The predicted molar refractivity (Wildman–Crippen MR) is 45.6 cm³/mol. The van der Waals surface area contributed by atoms with Crippen molar-refractivity contribution in [3.8, 4) is 0 Å². The first-order valence-corrected chi connectivity index (χ1v) is 3.80. The highest BCUT2D eigenvalue weighted by molar-refractivity contribution is 5.81. The van der Waals surface area contributed by atoms with Gasteiger partial charge in [0.1, 0.15) is 5.60 Å². The first-order chi connectivity index (χ1) is 6.70. The number of nitrogens with zero attached hydrogens (tertiary/aromatic N) is 2. The third kappa shape index (κ3) is 8.34. The van der Waals surface area contributed by atoms with Gasteiger partial charge in [0.15, 0.2) is 0 Å². The molecule has 84 valence electrons. The van der Waals surface area contributed by atoms with Crippen LogP contribution in [0.2, 0.25) is 0 Å². The van der Waals surface area contributed by atoms with Crippen molar-refractivity contribution in [3.05, 3.63) is 0 Å². The number of carbonyl (C=O) groups excluding carboxylic acids is 2. The van der Waals surface area contributed by atoms with Crippen LogP contribution in [0.4, 0.5) is 14.4 Å². The number of carboxylic acid groups (broad SMARTS) is 1. The molecule has 0 fully saturated rings. The van der Waals surface area contributed by atoms with E-state index < -0.39 is 23.9 Å². The Bertz CT molecular complexity index is 303. The summed E-state index contributed by atoms with van der Waals surface area (Å²) in [6, 6.07) is 0. The first kappa shape index (κ1) is 13.0. The highest BCUT2D eigenvalue weighted by atomic mass is 16.8. The molecule has 0 aliphatic carbocycles. The second-order valence-electron chi connectivity index (χ2n) is 3.31. The Balaban J connectivity index is 4.09. The zero-order valence-electron chi connectivity index (χ0n) is 8.38. The number of ether oxygens (including phenoxy) is 2. The summed E-state index contributed by atoms with van der Waals surface area (Å²) in [4.78, 5) is 31.2. The van der Waals surface area contributed by atoms with Crippen molar-refractivity contribution < 1.29 is 29.0 Å². The smallest absolute Gasteiger partial charge is 0.462 e. The van der Waals surface area contributed by atoms with Crippen LogP contribution in [-0.2, 0) is 9.47 Å². The van der Waals surface area contributed by atoms with Gasteiger partial charge in [0, 0.05) is 0 Å². The summed E-state index contributed by atoms with van der Waals surface area (Å²) in [7, 11) is 0. The maximum Gasteiger partial charge on any atom is 0.518 e. The Kier molecular flexibility index (Phi) is 4.36. The molecule has 0 spiro atoms. The Morgan fingerprint density at radius 3 is 2.07 bits per heavy atom. The quantitative estimate of drug-likeness (QED) is 0.378. The fourth-order valence-corrected chi connectivity index (χ4v) is 0.446. The molecule has 8 heteroatoms. The van der Waals surface area contributed by atoms with Gasteiger partial charge in [0.25, 0.3) is 0 Å². The molecule has 0 saturated heterocycles. The standard InChI is InChI=1S/C7H10N2O6/c1-7(2,3)15-6(13)14-5(12)9-8-4(10)11/h1-3H3,(H,10,11). The predicted octanol–water partition coefficient (Wildman–Crippen LogP) is 2.19. The van der Waals surface area contributed by atoms with Crippen LogP contribution in [-0.4, -0.2) is 29.0 Å². The average molecular weight is 218 g/mol. The molecule has 1 N–H and O–H groups in total. The molecule has 0 rings (SSSR count). The van der Waals surface area contributed by atoms with Crippen LogP contribution in [0.1, 0.15) is 20.8 Å². The molecule has 0 aromatic heterocycles. The van der Waals surface area contributed by atoms with Crippen molar-refractivity contribution in [2.24, 2.45) is 10.2 Å². The van der Waals surface area contributed by atoms with Crippen LogP contribution in [0.5, 0.6) is 0 Å². The average Bonchev–Trinajstić information content (AvgIpc) is 1.96. The molecule has 0 radical (unpaired) electrons. The number of hydrogen-bond acceptors (Lipinski definition) is 5. The van der Waals surface area contributed by atoms with Crippen LogP contribution >= 0.6 is 0 Å². The summed E-state index contributed by atoms with van der Waals surface area (Å²) in [5.74, 6) is 0. The van der Waals surface area contributed by atoms with E-state index in [1.54, 1.807) is 20.8 Å². The molecule has 0 unspecified atom stereocenters. The lowest BCUT2D eigenvalue weighted by atomic mass is 10.2. The Labute approximate surface area is 84.9 Å². The van der Waals surface area contributed by atoms with Gasteiger partial charge < -0.3 is 14.6 Å². The van der Waals surface area contributed by atoms with Crippen LogP contribution in [0.15, 0.2) is 10.2 Å². The zero-order chi connectivity index (χ0) is 12.1. The molecular weight excluding hydrogens is 208 g/mol. The molecule has 0 bridgehead atoms. The molecule has 0 aromatic carbocycles. The summed E-state index contributed by atoms with van der Waals surface area (Å²) in [6.07, 6.45) is -4.39.